The third kappa shape index (κ3) is 6.21. The lowest BCUT2D eigenvalue weighted by molar-refractivity contribution is 1.40. The third-order valence-corrected chi connectivity index (χ3v) is 0.918. The molecule has 7 heavy (non-hydrogen) atoms. The highest BCUT2D eigenvalue weighted by molar-refractivity contribution is 14.1. The zero-order valence-corrected chi connectivity index (χ0v) is 6.77. The maximum atomic E-state index is 2.20. The van der Waals surface area contributed by atoms with E-state index in [9.17, 15) is 0 Å². The standard InChI is InChI=1S/C6H9I/c1-6(2)4-3-5-7/h3-5H,1-2H3/b5-3-. The van der Waals surface area contributed by atoms with Crippen LogP contribution in [0.5, 0.6) is 0 Å². The van der Waals surface area contributed by atoms with Crippen molar-refractivity contribution in [1.82, 2.24) is 0 Å². The van der Waals surface area contributed by atoms with E-state index in [1.54, 1.807) is 0 Å². The first-order valence-corrected chi connectivity index (χ1v) is 3.42. The van der Waals surface area contributed by atoms with E-state index in [0.717, 1.165) is 0 Å². The average Bonchev–Trinajstić information content (AvgIpc) is 1.61. The molecule has 0 unspecified atom stereocenters. The molecule has 0 aliphatic heterocycles. The Morgan fingerprint density at radius 3 is 2.14 bits per heavy atom. The Labute approximate surface area is 58.4 Å². The molecular formula is C6H9I. The molecule has 0 N–H and O–H groups in total. The summed E-state index contributed by atoms with van der Waals surface area (Å²) in [6.07, 6.45) is 4.10. The van der Waals surface area contributed by atoms with E-state index in [0.29, 0.717) is 0 Å². The molecule has 0 bridgehead atoms. The molecule has 0 spiro atoms. The summed E-state index contributed by atoms with van der Waals surface area (Å²) in [4.78, 5) is 0. The van der Waals surface area contributed by atoms with Crippen molar-refractivity contribution < 1.29 is 0 Å². The molecule has 0 atom stereocenters. The van der Waals surface area contributed by atoms with Gasteiger partial charge in [0, 0.05) is 0 Å². The van der Waals surface area contributed by atoms with Gasteiger partial charge in [-0.1, -0.05) is 40.3 Å². The quantitative estimate of drug-likeness (QED) is 0.459. The lowest BCUT2D eigenvalue weighted by Gasteiger charge is -1.77. The molecule has 0 aromatic rings. The van der Waals surface area contributed by atoms with E-state index in [2.05, 4.69) is 42.5 Å². The van der Waals surface area contributed by atoms with Gasteiger partial charge in [-0.05, 0) is 17.9 Å². The number of hydrogen-bond acceptors (Lipinski definition) is 0. The van der Waals surface area contributed by atoms with Gasteiger partial charge >= 0.3 is 0 Å². The van der Waals surface area contributed by atoms with Gasteiger partial charge in [0.15, 0.2) is 0 Å². The molecule has 0 aliphatic rings. The van der Waals surface area contributed by atoms with Gasteiger partial charge in [0.25, 0.3) is 0 Å². The predicted molar refractivity (Wildman–Crippen MR) is 42.6 cm³/mol. The highest BCUT2D eigenvalue weighted by Gasteiger charge is 1.65. The van der Waals surface area contributed by atoms with Crippen LogP contribution in [0.15, 0.2) is 21.8 Å². The molecule has 40 valence electrons. The molecular weight excluding hydrogens is 199 g/mol. The van der Waals surface area contributed by atoms with E-state index >= 15 is 0 Å². The van der Waals surface area contributed by atoms with Crippen molar-refractivity contribution >= 4 is 22.6 Å². The zero-order chi connectivity index (χ0) is 5.70. The van der Waals surface area contributed by atoms with E-state index in [4.69, 9.17) is 0 Å². The molecule has 0 heterocycles. The summed E-state index contributed by atoms with van der Waals surface area (Å²) in [5, 5.41) is 0. The second kappa shape index (κ2) is 4.37. The number of rotatable bonds is 1. The Kier molecular flexibility index (Phi) is 4.50. The molecule has 0 radical (unpaired) electrons. The van der Waals surface area contributed by atoms with Crippen molar-refractivity contribution in [1.29, 1.82) is 0 Å². The Hall–Kier alpha value is 0.210. The van der Waals surface area contributed by atoms with Gasteiger partial charge < -0.3 is 0 Å². The van der Waals surface area contributed by atoms with Crippen LogP contribution in [0.2, 0.25) is 0 Å². The maximum Gasteiger partial charge on any atom is -0.0234 e. The summed E-state index contributed by atoms with van der Waals surface area (Å²) in [6.45, 7) is 4.16. The monoisotopic (exact) mass is 208 g/mol. The first-order valence-electron chi connectivity index (χ1n) is 2.17. The van der Waals surface area contributed by atoms with Crippen LogP contribution in [0, 0.1) is 0 Å². The summed E-state index contributed by atoms with van der Waals surface area (Å²) in [5.74, 6) is 0. The predicted octanol–water partition coefficient (Wildman–Crippen LogP) is 2.90. The zero-order valence-electron chi connectivity index (χ0n) is 4.61. The highest BCUT2D eigenvalue weighted by Crippen LogP contribution is 1.90. The van der Waals surface area contributed by atoms with E-state index in [-0.39, 0.29) is 0 Å². The van der Waals surface area contributed by atoms with Crippen molar-refractivity contribution in [3.63, 3.8) is 0 Å². The second-order valence-electron chi connectivity index (χ2n) is 1.56. The van der Waals surface area contributed by atoms with Gasteiger partial charge in [-0.15, -0.1) is 0 Å². The van der Waals surface area contributed by atoms with Gasteiger partial charge in [-0.3, -0.25) is 0 Å². The maximum absolute atomic E-state index is 2.20. The number of allylic oxidation sites excluding steroid dienone is 3. The number of halogens is 1. The second-order valence-corrected chi connectivity index (χ2v) is 2.28. The first kappa shape index (κ1) is 7.21. The molecule has 0 amide bonds. The minimum Gasteiger partial charge on any atom is -0.0764 e. The van der Waals surface area contributed by atoms with Crippen molar-refractivity contribution in [2.45, 2.75) is 13.8 Å². The highest BCUT2D eigenvalue weighted by atomic mass is 127. The van der Waals surface area contributed by atoms with Crippen LogP contribution < -0.4 is 0 Å². The topological polar surface area (TPSA) is 0 Å². The van der Waals surface area contributed by atoms with Crippen LogP contribution in [-0.2, 0) is 0 Å². The first-order chi connectivity index (χ1) is 3.27. The Morgan fingerprint density at radius 2 is 2.00 bits per heavy atom. The van der Waals surface area contributed by atoms with E-state index < -0.39 is 0 Å². The lowest BCUT2D eigenvalue weighted by Crippen LogP contribution is -1.55. The summed E-state index contributed by atoms with van der Waals surface area (Å²) in [6, 6.07) is 0. The molecule has 0 fully saturated rings. The molecule has 0 saturated carbocycles. The van der Waals surface area contributed by atoms with Crippen molar-refractivity contribution in [2.75, 3.05) is 0 Å². The smallest absolute Gasteiger partial charge is 0.0234 e. The van der Waals surface area contributed by atoms with Crippen molar-refractivity contribution in [3.8, 4) is 0 Å². The molecule has 0 saturated heterocycles. The van der Waals surface area contributed by atoms with Gasteiger partial charge in [-0.25, -0.2) is 0 Å². The third-order valence-electron chi connectivity index (χ3n) is 0.502. The van der Waals surface area contributed by atoms with Gasteiger partial charge in [0.05, 0.1) is 0 Å². The molecule has 0 rings (SSSR count). The van der Waals surface area contributed by atoms with Gasteiger partial charge in [-0.2, -0.15) is 0 Å². The Morgan fingerprint density at radius 1 is 1.43 bits per heavy atom. The molecule has 0 nitrogen and oxygen atoms in total. The molecule has 1 heteroatoms. The van der Waals surface area contributed by atoms with Crippen LogP contribution in [-0.4, -0.2) is 0 Å². The van der Waals surface area contributed by atoms with E-state index in [1.807, 2.05) is 10.2 Å². The van der Waals surface area contributed by atoms with E-state index in [1.165, 1.54) is 5.57 Å². The van der Waals surface area contributed by atoms with Crippen LogP contribution in [0.1, 0.15) is 13.8 Å². The Balaban J connectivity index is 3.46. The summed E-state index contributed by atoms with van der Waals surface area (Å²) in [7, 11) is 0. The fraction of sp³-hybridized carbons (Fsp3) is 0.333. The fourth-order valence-electron chi connectivity index (χ4n) is 0.229. The normalized spacial score (nSPS) is 9.57. The number of hydrogen-bond donors (Lipinski definition) is 0. The lowest BCUT2D eigenvalue weighted by atomic mass is 10.3. The summed E-state index contributed by atoms with van der Waals surface area (Å²) in [5.41, 5.74) is 1.34. The largest absolute Gasteiger partial charge is 0.0764 e. The minimum atomic E-state index is 1.34. The van der Waals surface area contributed by atoms with Crippen molar-refractivity contribution in [3.05, 3.63) is 21.8 Å². The van der Waals surface area contributed by atoms with Gasteiger partial charge in [0.1, 0.15) is 0 Å². The van der Waals surface area contributed by atoms with Crippen LogP contribution >= 0.6 is 22.6 Å². The molecule has 0 aliphatic carbocycles. The Bertz CT molecular complexity index is 86.4. The fourth-order valence-corrected chi connectivity index (χ4v) is 0.436. The average molecular weight is 208 g/mol. The van der Waals surface area contributed by atoms with Crippen molar-refractivity contribution in [2.24, 2.45) is 0 Å². The minimum absolute atomic E-state index is 1.34. The van der Waals surface area contributed by atoms with Crippen LogP contribution in [0.4, 0.5) is 0 Å². The van der Waals surface area contributed by atoms with Crippen LogP contribution in [0.3, 0.4) is 0 Å². The van der Waals surface area contributed by atoms with Gasteiger partial charge in [0.2, 0.25) is 0 Å². The SMILES string of the molecule is CC(C)=C/C=C\I. The summed E-state index contributed by atoms with van der Waals surface area (Å²) < 4.78 is 1.99. The molecule has 0 aromatic heterocycles. The summed E-state index contributed by atoms with van der Waals surface area (Å²) >= 11 is 2.20. The van der Waals surface area contributed by atoms with Crippen LogP contribution in [0.25, 0.3) is 0 Å². The molecule has 0 aromatic carbocycles.